The fourth-order valence-electron chi connectivity index (χ4n) is 1.11. The van der Waals surface area contributed by atoms with Gasteiger partial charge in [0, 0.05) is 5.56 Å². The van der Waals surface area contributed by atoms with Crippen LogP contribution in [0.2, 0.25) is 0 Å². The molecule has 1 N–H and O–H groups in total. The zero-order valence-corrected chi connectivity index (χ0v) is 7.87. The Hall–Kier alpha value is -2.02. The fourth-order valence-corrected chi connectivity index (χ4v) is 1.11. The number of carbonyl (C=O) groups excluding carboxylic acids is 1. The number of nitrogens with zero attached hydrogens (tertiary/aromatic N) is 1. The van der Waals surface area contributed by atoms with Crippen molar-refractivity contribution in [2.45, 2.75) is 6.92 Å². The Morgan fingerprint density at radius 2 is 2.21 bits per heavy atom. The number of carbonyl (C=O) groups is 1. The lowest BCUT2D eigenvalue weighted by atomic mass is 10.1. The predicted octanol–water partition coefficient (Wildman–Crippen LogP) is 1.48. The minimum atomic E-state index is -0.209. The van der Waals surface area contributed by atoms with Crippen molar-refractivity contribution in [1.29, 1.82) is 5.26 Å². The number of phenols is 1. The third-order valence-electron chi connectivity index (χ3n) is 1.80. The Bertz CT molecular complexity index is 418. The van der Waals surface area contributed by atoms with Crippen LogP contribution in [0.1, 0.15) is 22.8 Å². The van der Waals surface area contributed by atoms with E-state index in [0.717, 1.165) is 0 Å². The zero-order chi connectivity index (χ0) is 10.7. The molecule has 0 spiro atoms. The topological polar surface area (TPSA) is 70.3 Å². The fraction of sp³-hybridized carbons (Fsp3) is 0.200. The number of rotatable bonds is 2. The lowest BCUT2D eigenvalue weighted by Gasteiger charge is -2.06. The van der Waals surface area contributed by atoms with Crippen LogP contribution in [-0.2, 0) is 0 Å². The second-order valence-electron chi connectivity index (χ2n) is 2.74. The summed E-state index contributed by atoms with van der Waals surface area (Å²) in [5.41, 5.74) is 0.442. The normalized spacial score (nSPS) is 9.21. The quantitative estimate of drug-likeness (QED) is 0.718. The monoisotopic (exact) mass is 191 g/mol. The van der Waals surface area contributed by atoms with Gasteiger partial charge in [-0.05, 0) is 19.1 Å². The van der Waals surface area contributed by atoms with Gasteiger partial charge in [0.1, 0.15) is 6.07 Å². The van der Waals surface area contributed by atoms with Gasteiger partial charge in [-0.25, -0.2) is 0 Å². The molecule has 0 saturated carbocycles. The van der Waals surface area contributed by atoms with E-state index < -0.39 is 0 Å². The SMILES string of the molecule is COc1c(O)cc(C(C)=O)cc1C#N. The first-order valence-corrected chi connectivity index (χ1v) is 3.92. The molecule has 0 amide bonds. The maximum Gasteiger partial charge on any atom is 0.178 e. The van der Waals surface area contributed by atoms with E-state index in [0.29, 0.717) is 5.56 Å². The molecule has 0 aliphatic heterocycles. The summed E-state index contributed by atoms with van der Waals surface area (Å²) in [6.07, 6.45) is 0. The van der Waals surface area contributed by atoms with E-state index in [1.54, 1.807) is 0 Å². The molecule has 0 radical (unpaired) electrons. The maximum absolute atomic E-state index is 11.0. The third-order valence-corrected chi connectivity index (χ3v) is 1.80. The molecule has 1 aromatic carbocycles. The number of ketones is 1. The highest BCUT2D eigenvalue weighted by Crippen LogP contribution is 2.31. The molecule has 14 heavy (non-hydrogen) atoms. The molecule has 0 atom stereocenters. The second kappa shape index (κ2) is 3.79. The number of benzene rings is 1. The molecule has 1 rings (SSSR count). The summed E-state index contributed by atoms with van der Waals surface area (Å²) in [5.74, 6) is -0.311. The van der Waals surface area contributed by atoms with E-state index in [2.05, 4.69) is 0 Å². The summed E-state index contributed by atoms with van der Waals surface area (Å²) in [4.78, 5) is 11.0. The smallest absolute Gasteiger partial charge is 0.178 e. The van der Waals surface area contributed by atoms with E-state index in [9.17, 15) is 9.90 Å². The zero-order valence-electron chi connectivity index (χ0n) is 7.87. The predicted molar refractivity (Wildman–Crippen MR) is 49.4 cm³/mol. The van der Waals surface area contributed by atoms with E-state index in [-0.39, 0.29) is 22.8 Å². The molecule has 0 saturated heterocycles. The van der Waals surface area contributed by atoms with Crippen LogP contribution in [0.15, 0.2) is 12.1 Å². The van der Waals surface area contributed by atoms with Crippen molar-refractivity contribution in [2.24, 2.45) is 0 Å². The molecule has 0 aliphatic rings. The molecule has 0 aliphatic carbocycles. The lowest BCUT2D eigenvalue weighted by molar-refractivity contribution is 0.101. The highest BCUT2D eigenvalue weighted by atomic mass is 16.5. The van der Waals surface area contributed by atoms with Gasteiger partial charge in [0.15, 0.2) is 17.3 Å². The van der Waals surface area contributed by atoms with Crippen LogP contribution in [0, 0.1) is 11.3 Å². The van der Waals surface area contributed by atoms with Crippen molar-refractivity contribution in [3.63, 3.8) is 0 Å². The first kappa shape index (κ1) is 10.1. The number of hydrogen-bond donors (Lipinski definition) is 1. The van der Waals surface area contributed by atoms with Gasteiger partial charge in [0.05, 0.1) is 12.7 Å². The molecule has 1 aromatic rings. The first-order valence-electron chi connectivity index (χ1n) is 3.92. The standard InChI is InChI=1S/C10H9NO3/c1-6(12)7-3-8(5-11)10(14-2)9(13)4-7/h3-4,13H,1-2H3. The number of phenolic OH excluding ortho intramolecular Hbond substituents is 1. The largest absolute Gasteiger partial charge is 0.504 e. The molecule has 0 fully saturated rings. The van der Waals surface area contributed by atoms with E-state index >= 15 is 0 Å². The van der Waals surface area contributed by atoms with Gasteiger partial charge in [-0.3, -0.25) is 4.79 Å². The van der Waals surface area contributed by atoms with Crippen LogP contribution in [0.25, 0.3) is 0 Å². The average Bonchev–Trinajstić information content (AvgIpc) is 2.16. The molecule has 0 heterocycles. The number of hydrogen-bond acceptors (Lipinski definition) is 4. The van der Waals surface area contributed by atoms with Crippen molar-refractivity contribution >= 4 is 5.78 Å². The van der Waals surface area contributed by atoms with Crippen molar-refractivity contribution < 1.29 is 14.6 Å². The summed E-state index contributed by atoms with van der Waals surface area (Å²) in [6, 6.07) is 4.51. The van der Waals surface area contributed by atoms with E-state index in [4.69, 9.17) is 10.00 Å². The molecular formula is C10H9NO3. The number of Topliss-reactive ketones (excluding diaryl/α,β-unsaturated/α-hetero) is 1. The van der Waals surface area contributed by atoms with Crippen molar-refractivity contribution in [3.05, 3.63) is 23.3 Å². The van der Waals surface area contributed by atoms with Crippen molar-refractivity contribution in [3.8, 4) is 17.6 Å². The average molecular weight is 191 g/mol. The Labute approximate surface area is 81.4 Å². The van der Waals surface area contributed by atoms with Gasteiger partial charge in [0.2, 0.25) is 0 Å². The molecule has 0 aromatic heterocycles. The van der Waals surface area contributed by atoms with Crippen LogP contribution in [-0.4, -0.2) is 18.0 Å². The van der Waals surface area contributed by atoms with Gasteiger partial charge in [-0.15, -0.1) is 0 Å². The summed E-state index contributed by atoms with van der Waals surface area (Å²) in [6.45, 7) is 1.36. The Morgan fingerprint density at radius 3 is 2.64 bits per heavy atom. The molecule has 4 nitrogen and oxygen atoms in total. The number of methoxy groups -OCH3 is 1. The summed E-state index contributed by atoms with van der Waals surface area (Å²) < 4.78 is 4.82. The minimum Gasteiger partial charge on any atom is -0.504 e. The van der Waals surface area contributed by atoms with Crippen LogP contribution < -0.4 is 4.74 Å². The summed E-state index contributed by atoms with van der Waals surface area (Å²) in [7, 11) is 1.35. The molecular weight excluding hydrogens is 182 g/mol. The second-order valence-corrected chi connectivity index (χ2v) is 2.74. The van der Waals surface area contributed by atoms with Gasteiger partial charge >= 0.3 is 0 Å². The molecule has 4 heteroatoms. The summed E-state index contributed by atoms with van der Waals surface area (Å²) in [5, 5.41) is 18.2. The highest BCUT2D eigenvalue weighted by Gasteiger charge is 2.12. The number of nitriles is 1. The molecule has 72 valence electrons. The number of aromatic hydroxyl groups is 1. The van der Waals surface area contributed by atoms with Crippen LogP contribution in [0.4, 0.5) is 0 Å². The van der Waals surface area contributed by atoms with Crippen molar-refractivity contribution in [1.82, 2.24) is 0 Å². The van der Waals surface area contributed by atoms with Crippen molar-refractivity contribution in [2.75, 3.05) is 7.11 Å². The van der Waals surface area contributed by atoms with Crippen LogP contribution >= 0.6 is 0 Å². The lowest BCUT2D eigenvalue weighted by Crippen LogP contribution is -1.96. The summed E-state index contributed by atoms with van der Waals surface area (Å²) >= 11 is 0. The van der Waals surface area contributed by atoms with Gasteiger partial charge in [-0.2, -0.15) is 5.26 Å². The third kappa shape index (κ3) is 1.67. The van der Waals surface area contributed by atoms with E-state index in [1.165, 1.54) is 26.2 Å². The Balaban J connectivity index is 3.41. The van der Waals surface area contributed by atoms with E-state index in [1.807, 2.05) is 6.07 Å². The highest BCUT2D eigenvalue weighted by molar-refractivity contribution is 5.95. The Kier molecular flexibility index (Phi) is 2.73. The Morgan fingerprint density at radius 1 is 1.57 bits per heavy atom. The number of ether oxygens (including phenoxy) is 1. The van der Waals surface area contributed by atoms with Gasteiger partial charge in [0.25, 0.3) is 0 Å². The molecule has 0 bridgehead atoms. The molecule has 0 unspecified atom stereocenters. The van der Waals surface area contributed by atoms with Crippen LogP contribution in [0.5, 0.6) is 11.5 Å². The van der Waals surface area contributed by atoms with Gasteiger partial charge < -0.3 is 9.84 Å². The maximum atomic E-state index is 11.0. The first-order chi connectivity index (χ1) is 6.60. The minimum absolute atomic E-state index is 0.0949. The van der Waals surface area contributed by atoms with Gasteiger partial charge in [-0.1, -0.05) is 0 Å². The van der Waals surface area contributed by atoms with Crippen LogP contribution in [0.3, 0.4) is 0 Å².